The summed E-state index contributed by atoms with van der Waals surface area (Å²) in [5, 5.41) is 11.9. The molecule has 2 N–H and O–H groups in total. The summed E-state index contributed by atoms with van der Waals surface area (Å²) in [6.45, 7) is 1.58. The number of rotatable bonds is 4. The summed E-state index contributed by atoms with van der Waals surface area (Å²) in [5.74, 6) is -2.02. The van der Waals surface area contributed by atoms with Crippen molar-refractivity contribution in [3.8, 4) is 0 Å². The van der Waals surface area contributed by atoms with Gasteiger partial charge in [-0.3, -0.25) is 4.79 Å². The number of benzene rings is 2. The fourth-order valence-electron chi connectivity index (χ4n) is 1.90. The van der Waals surface area contributed by atoms with Crippen LogP contribution in [0.1, 0.15) is 22.8 Å². The number of amides is 1. The number of carbonyl (C=O) groups is 2. The Hall–Kier alpha value is -2.66. The third kappa shape index (κ3) is 4.40. The van der Waals surface area contributed by atoms with Gasteiger partial charge in [0, 0.05) is 10.6 Å². The van der Waals surface area contributed by atoms with Gasteiger partial charge in [-0.25, -0.2) is 9.18 Å². The van der Waals surface area contributed by atoms with Crippen LogP contribution < -0.4 is 5.32 Å². The van der Waals surface area contributed by atoms with E-state index in [1.54, 1.807) is 13.0 Å². The summed E-state index contributed by atoms with van der Waals surface area (Å²) in [6, 6.07) is 9.83. The number of nitrogens with one attached hydrogen (secondary N) is 1. The van der Waals surface area contributed by atoms with Gasteiger partial charge in [-0.1, -0.05) is 23.7 Å². The van der Waals surface area contributed by atoms with Crippen molar-refractivity contribution in [2.24, 2.45) is 0 Å². The first-order chi connectivity index (χ1) is 10.9. The third-order valence-corrected chi connectivity index (χ3v) is 3.31. The molecule has 0 saturated heterocycles. The van der Waals surface area contributed by atoms with Crippen LogP contribution in [0, 0.1) is 5.82 Å². The van der Waals surface area contributed by atoms with Gasteiger partial charge in [0.1, 0.15) is 5.82 Å². The molecule has 23 heavy (non-hydrogen) atoms. The first-order valence-electron chi connectivity index (χ1n) is 6.65. The summed E-state index contributed by atoms with van der Waals surface area (Å²) >= 11 is 5.76. The summed E-state index contributed by atoms with van der Waals surface area (Å²) in [7, 11) is 0. The van der Waals surface area contributed by atoms with E-state index in [-0.39, 0.29) is 22.1 Å². The van der Waals surface area contributed by atoms with Gasteiger partial charge in [0.15, 0.2) is 0 Å². The average Bonchev–Trinajstić information content (AvgIpc) is 2.51. The molecule has 6 heteroatoms. The SMILES string of the molecule is C/C(=C\c1ccc(F)cc1)C(=O)Nc1ccc(Cl)cc1C(=O)O. The lowest BCUT2D eigenvalue weighted by Crippen LogP contribution is -2.15. The van der Waals surface area contributed by atoms with Crippen LogP contribution in [0.5, 0.6) is 0 Å². The first kappa shape index (κ1) is 16.7. The van der Waals surface area contributed by atoms with Crippen LogP contribution in [-0.2, 0) is 4.79 Å². The Balaban J connectivity index is 2.21. The van der Waals surface area contributed by atoms with Crippen molar-refractivity contribution in [1.29, 1.82) is 0 Å². The summed E-state index contributed by atoms with van der Waals surface area (Å²) in [4.78, 5) is 23.4. The molecular formula is C17H13ClFNO3. The predicted molar refractivity (Wildman–Crippen MR) is 87.1 cm³/mol. The Kier molecular flexibility index (Phi) is 5.13. The summed E-state index contributed by atoms with van der Waals surface area (Å²) < 4.78 is 12.9. The average molecular weight is 334 g/mol. The van der Waals surface area contributed by atoms with Gasteiger partial charge in [-0.2, -0.15) is 0 Å². The van der Waals surface area contributed by atoms with Gasteiger partial charge in [-0.15, -0.1) is 0 Å². The summed E-state index contributed by atoms with van der Waals surface area (Å²) in [6.07, 6.45) is 1.57. The topological polar surface area (TPSA) is 66.4 Å². The molecule has 0 aromatic heterocycles. The van der Waals surface area contributed by atoms with Gasteiger partial charge in [-0.05, 0) is 48.9 Å². The van der Waals surface area contributed by atoms with E-state index in [0.717, 1.165) is 0 Å². The Bertz CT molecular complexity index is 785. The minimum atomic E-state index is -1.19. The Morgan fingerprint density at radius 1 is 1.17 bits per heavy atom. The quantitative estimate of drug-likeness (QED) is 0.823. The number of anilines is 1. The van der Waals surface area contributed by atoms with Crippen LogP contribution in [0.3, 0.4) is 0 Å². The fraction of sp³-hybridized carbons (Fsp3) is 0.0588. The van der Waals surface area contributed by atoms with Crippen LogP contribution >= 0.6 is 11.6 Å². The molecule has 1 amide bonds. The van der Waals surface area contributed by atoms with Crippen molar-refractivity contribution in [3.05, 3.63) is 70.0 Å². The second-order valence-electron chi connectivity index (χ2n) is 4.83. The highest BCUT2D eigenvalue weighted by atomic mass is 35.5. The van der Waals surface area contributed by atoms with E-state index in [0.29, 0.717) is 11.1 Å². The van der Waals surface area contributed by atoms with E-state index in [1.165, 1.54) is 42.5 Å². The Morgan fingerprint density at radius 2 is 1.83 bits per heavy atom. The molecule has 0 unspecified atom stereocenters. The zero-order chi connectivity index (χ0) is 17.0. The molecule has 2 aromatic rings. The van der Waals surface area contributed by atoms with Gasteiger partial charge in [0.25, 0.3) is 5.91 Å². The van der Waals surface area contributed by atoms with Crippen molar-refractivity contribution in [2.45, 2.75) is 6.92 Å². The highest BCUT2D eigenvalue weighted by Crippen LogP contribution is 2.21. The Labute approximate surface area is 137 Å². The second-order valence-corrected chi connectivity index (χ2v) is 5.26. The molecule has 0 atom stereocenters. The number of halogens is 2. The monoisotopic (exact) mass is 333 g/mol. The maximum Gasteiger partial charge on any atom is 0.337 e. The molecule has 0 bridgehead atoms. The Morgan fingerprint density at radius 3 is 2.43 bits per heavy atom. The van der Waals surface area contributed by atoms with E-state index in [1.807, 2.05) is 0 Å². The molecule has 0 radical (unpaired) electrons. The molecule has 0 saturated carbocycles. The number of carboxylic acids is 1. The lowest BCUT2D eigenvalue weighted by atomic mass is 10.1. The van der Waals surface area contributed by atoms with Crippen LogP contribution in [0.15, 0.2) is 48.0 Å². The summed E-state index contributed by atoms with van der Waals surface area (Å²) in [5.41, 5.74) is 1.07. The largest absolute Gasteiger partial charge is 0.478 e. The molecule has 0 aliphatic carbocycles. The number of aromatic carboxylic acids is 1. The zero-order valence-corrected chi connectivity index (χ0v) is 12.9. The molecule has 0 aliphatic heterocycles. The standard InChI is InChI=1S/C17H13ClFNO3/c1-10(8-11-2-5-13(19)6-3-11)16(21)20-15-7-4-12(18)9-14(15)17(22)23/h2-9H,1H3,(H,20,21)(H,22,23)/b10-8+. The lowest BCUT2D eigenvalue weighted by Gasteiger charge is -2.09. The minimum Gasteiger partial charge on any atom is -0.478 e. The molecule has 4 nitrogen and oxygen atoms in total. The molecule has 0 heterocycles. The molecule has 0 spiro atoms. The molecule has 118 valence electrons. The lowest BCUT2D eigenvalue weighted by molar-refractivity contribution is -0.112. The van der Waals surface area contributed by atoms with Gasteiger partial charge >= 0.3 is 5.97 Å². The molecule has 2 aromatic carbocycles. The minimum absolute atomic E-state index is 0.0968. The van der Waals surface area contributed by atoms with Gasteiger partial charge in [0.05, 0.1) is 11.3 Å². The van der Waals surface area contributed by atoms with Gasteiger partial charge < -0.3 is 10.4 Å². The van der Waals surface area contributed by atoms with Crippen molar-refractivity contribution in [2.75, 3.05) is 5.32 Å². The van der Waals surface area contributed by atoms with Crippen molar-refractivity contribution in [1.82, 2.24) is 0 Å². The molecule has 0 aliphatic rings. The predicted octanol–water partition coefficient (Wildman–Crippen LogP) is 4.22. The highest BCUT2D eigenvalue weighted by molar-refractivity contribution is 6.31. The number of carboxylic acid groups (broad SMARTS) is 1. The second kappa shape index (κ2) is 7.07. The van der Waals surface area contributed by atoms with Crippen LogP contribution in [0.4, 0.5) is 10.1 Å². The molecule has 0 fully saturated rings. The van der Waals surface area contributed by atoms with Crippen LogP contribution in [0.2, 0.25) is 5.02 Å². The molecular weight excluding hydrogens is 321 g/mol. The van der Waals surface area contributed by atoms with E-state index in [4.69, 9.17) is 16.7 Å². The van der Waals surface area contributed by atoms with Crippen LogP contribution in [0.25, 0.3) is 6.08 Å². The van der Waals surface area contributed by atoms with E-state index in [9.17, 15) is 14.0 Å². The maximum atomic E-state index is 12.9. The maximum absolute atomic E-state index is 12.9. The smallest absolute Gasteiger partial charge is 0.337 e. The van der Waals surface area contributed by atoms with Crippen molar-refractivity contribution in [3.63, 3.8) is 0 Å². The van der Waals surface area contributed by atoms with Gasteiger partial charge in [0.2, 0.25) is 0 Å². The zero-order valence-electron chi connectivity index (χ0n) is 12.1. The number of hydrogen-bond donors (Lipinski definition) is 2. The van der Waals surface area contributed by atoms with E-state index < -0.39 is 11.9 Å². The van der Waals surface area contributed by atoms with Crippen molar-refractivity contribution >= 4 is 35.2 Å². The third-order valence-electron chi connectivity index (χ3n) is 3.07. The first-order valence-corrected chi connectivity index (χ1v) is 7.02. The van der Waals surface area contributed by atoms with E-state index in [2.05, 4.69) is 5.32 Å². The number of hydrogen-bond acceptors (Lipinski definition) is 2. The fourth-order valence-corrected chi connectivity index (χ4v) is 2.07. The normalized spacial score (nSPS) is 11.2. The molecule has 2 rings (SSSR count). The van der Waals surface area contributed by atoms with Crippen molar-refractivity contribution < 1.29 is 19.1 Å². The van der Waals surface area contributed by atoms with Crippen LogP contribution in [-0.4, -0.2) is 17.0 Å². The van der Waals surface area contributed by atoms with E-state index >= 15 is 0 Å². The highest BCUT2D eigenvalue weighted by Gasteiger charge is 2.14. The number of carbonyl (C=O) groups excluding carboxylic acids is 1.